The number of aromatic nitrogens is 2. The SMILES string of the molecule is Cc1ccc(/C(=N\O)n2cc(I)c(=O)[nH]c2=O)cc1. The average molecular weight is 371 g/mol. The molecule has 0 radical (unpaired) electrons. The van der Waals surface area contributed by atoms with Gasteiger partial charge in [0.15, 0.2) is 5.84 Å². The fraction of sp³-hybridized carbons (Fsp3) is 0.0833. The molecule has 7 heteroatoms. The second kappa shape index (κ2) is 5.39. The van der Waals surface area contributed by atoms with Gasteiger partial charge in [-0.2, -0.15) is 0 Å². The summed E-state index contributed by atoms with van der Waals surface area (Å²) in [6.07, 6.45) is 1.33. The van der Waals surface area contributed by atoms with Gasteiger partial charge in [0.1, 0.15) is 0 Å². The molecular formula is C12H10IN3O3. The minimum absolute atomic E-state index is 0.0548. The molecule has 0 spiro atoms. The van der Waals surface area contributed by atoms with Gasteiger partial charge in [0.2, 0.25) is 0 Å². The summed E-state index contributed by atoms with van der Waals surface area (Å²) in [5.74, 6) is 0.0548. The van der Waals surface area contributed by atoms with Crippen LogP contribution in [0.3, 0.4) is 0 Å². The number of hydrogen-bond acceptors (Lipinski definition) is 4. The van der Waals surface area contributed by atoms with E-state index in [0.717, 1.165) is 10.1 Å². The average Bonchev–Trinajstić information content (AvgIpc) is 2.38. The number of nitrogens with zero attached hydrogens (tertiary/aromatic N) is 2. The molecule has 1 aromatic carbocycles. The van der Waals surface area contributed by atoms with Crippen molar-refractivity contribution in [1.29, 1.82) is 0 Å². The van der Waals surface area contributed by atoms with E-state index in [2.05, 4.69) is 10.1 Å². The molecule has 0 aliphatic carbocycles. The van der Waals surface area contributed by atoms with Gasteiger partial charge in [-0.15, -0.1) is 0 Å². The minimum Gasteiger partial charge on any atom is -0.409 e. The summed E-state index contributed by atoms with van der Waals surface area (Å²) in [4.78, 5) is 25.2. The van der Waals surface area contributed by atoms with Crippen molar-refractivity contribution in [3.05, 3.63) is 66.0 Å². The fourth-order valence-corrected chi connectivity index (χ4v) is 1.97. The monoisotopic (exact) mass is 371 g/mol. The van der Waals surface area contributed by atoms with Crippen LogP contribution < -0.4 is 11.2 Å². The molecule has 6 nitrogen and oxygen atoms in total. The summed E-state index contributed by atoms with van der Waals surface area (Å²) >= 11 is 1.80. The predicted molar refractivity (Wildman–Crippen MR) is 78.9 cm³/mol. The van der Waals surface area contributed by atoms with Crippen molar-refractivity contribution in [3.8, 4) is 0 Å². The number of aryl methyl sites for hydroxylation is 1. The van der Waals surface area contributed by atoms with Crippen molar-refractivity contribution in [1.82, 2.24) is 9.55 Å². The quantitative estimate of drug-likeness (QED) is 0.259. The van der Waals surface area contributed by atoms with E-state index in [9.17, 15) is 9.59 Å². The Morgan fingerprint density at radius 1 is 1.32 bits per heavy atom. The molecule has 0 aliphatic heterocycles. The molecule has 0 amide bonds. The van der Waals surface area contributed by atoms with E-state index < -0.39 is 11.2 Å². The highest BCUT2D eigenvalue weighted by Crippen LogP contribution is 2.06. The van der Waals surface area contributed by atoms with Crippen LogP contribution in [-0.2, 0) is 0 Å². The van der Waals surface area contributed by atoms with Crippen molar-refractivity contribution < 1.29 is 5.21 Å². The van der Waals surface area contributed by atoms with Crippen LogP contribution in [0.5, 0.6) is 0 Å². The van der Waals surface area contributed by atoms with Crippen LogP contribution in [0.15, 0.2) is 45.2 Å². The predicted octanol–water partition coefficient (Wildman–Crippen LogP) is 1.13. The van der Waals surface area contributed by atoms with Crippen LogP contribution in [-0.4, -0.2) is 20.6 Å². The second-order valence-corrected chi connectivity index (χ2v) is 5.06. The van der Waals surface area contributed by atoms with E-state index in [0.29, 0.717) is 9.13 Å². The Morgan fingerprint density at radius 3 is 2.53 bits per heavy atom. The number of rotatable bonds is 1. The lowest BCUT2D eigenvalue weighted by atomic mass is 10.1. The van der Waals surface area contributed by atoms with E-state index in [4.69, 9.17) is 5.21 Å². The van der Waals surface area contributed by atoms with Gasteiger partial charge in [-0.1, -0.05) is 35.0 Å². The molecule has 98 valence electrons. The fourth-order valence-electron chi connectivity index (χ4n) is 1.55. The van der Waals surface area contributed by atoms with E-state index >= 15 is 0 Å². The van der Waals surface area contributed by atoms with Gasteiger partial charge in [0, 0.05) is 11.8 Å². The Kier molecular flexibility index (Phi) is 3.84. The summed E-state index contributed by atoms with van der Waals surface area (Å²) in [5.41, 5.74) is 0.490. The first-order chi connectivity index (χ1) is 9.02. The zero-order valence-electron chi connectivity index (χ0n) is 9.92. The third-order valence-electron chi connectivity index (χ3n) is 2.53. The summed E-state index contributed by atoms with van der Waals surface area (Å²) in [5, 5.41) is 12.3. The highest BCUT2D eigenvalue weighted by molar-refractivity contribution is 14.1. The molecule has 0 unspecified atom stereocenters. The Morgan fingerprint density at radius 2 is 1.95 bits per heavy atom. The molecule has 2 rings (SSSR count). The summed E-state index contributed by atoms with van der Waals surface area (Å²) < 4.78 is 1.42. The van der Waals surface area contributed by atoms with Gasteiger partial charge in [-0.05, 0) is 29.5 Å². The third kappa shape index (κ3) is 2.75. The standard InChI is InChI=1S/C12H10IN3O3/c1-7-2-4-8(5-3-7)10(15-19)16-6-9(13)11(17)14-12(16)18/h2-6,19H,1H3,(H,14,17,18)/b15-10+. The zero-order valence-corrected chi connectivity index (χ0v) is 12.1. The maximum atomic E-state index is 11.7. The molecule has 0 saturated heterocycles. The molecule has 2 aromatic rings. The van der Waals surface area contributed by atoms with Gasteiger partial charge in [-0.3, -0.25) is 9.78 Å². The summed E-state index contributed by atoms with van der Waals surface area (Å²) in [7, 11) is 0. The minimum atomic E-state index is -0.654. The maximum Gasteiger partial charge on any atom is 0.334 e. The number of oxime groups is 1. The number of benzene rings is 1. The van der Waals surface area contributed by atoms with Gasteiger partial charge in [0.25, 0.3) is 5.56 Å². The second-order valence-electron chi connectivity index (χ2n) is 3.90. The molecule has 0 aliphatic rings. The topological polar surface area (TPSA) is 87.4 Å². The van der Waals surface area contributed by atoms with Crippen molar-refractivity contribution in [2.24, 2.45) is 5.16 Å². The molecule has 1 heterocycles. The van der Waals surface area contributed by atoms with Crippen molar-refractivity contribution >= 4 is 28.4 Å². The summed E-state index contributed by atoms with van der Waals surface area (Å²) in [6, 6.07) is 7.13. The van der Waals surface area contributed by atoms with Crippen LogP contribution >= 0.6 is 22.6 Å². The highest BCUT2D eigenvalue weighted by atomic mass is 127. The number of aromatic amines is 1. The highest BCUT2D eigenvalue weighted by Gasteiger charge is 2.11. The Bertz CT molecular complexity index is 744. The molecule has 19 heavy (non-hydrogen) atoms. The largest absolute Gasteiger partial charge is 0.409 e. The third-order valence-corrected chi connectivity index (χ3v) is 3.30. The molecule has 2 N–H and O–H groups in total. The van der Waals surface area contributed by atoms with Crippen molar-refractivity contribution in [2.75, 3.05) is 0 Å². The number of nitrogens with one attached hydrogen (secondary N) is 1. The van der Waals surface area contributed by atoms with Gasteiger partial charge in [0.05, 0.1) is 3.57 Å². The number of H-pyrrole nitrogens is 1. The molecular weight excluding hydrogens is 361 g/mol. The first-order valence-electron chi connectivity index (χ1n) is 5.34. The van der Waals surface area contributed by atoms with E-state index in [-0.39, 0.29) is 5.84 Å². The first-order valence-corrected chi connectivity index (χ1v) is 6.42. The molecule has 0 fully saturated rings. The van der Waals surface area contributed by atoms with Gasteiger partial charge < -0.3 is 5.21 Å². The molecule has 0 bridgehead atoms. The number of halogens is 1. The first kappa shape index (κ1) is 13.5. The van der Waals surface area contributed by atoms with Crippen LogP contribution in [0.25, 0.3) is 0 Å². The van der Waals surface area contributed by atoms with Gasteiger partial charge >= 0.3 is 5.69 Å². The maximum absolute atomic E-state index is 11.7. The molecule has 0 atom stereocenters. The van der Waals surface area contributed by atoms with Crippen molar-refractivity contribution in [2.45, 2.75) is 6.92 Å². The Hall–Kier alpha value is -1.90. The van der Waals surface area contributed by atoms with Crippen LogP contribution in [0.1, 0.15) is 11.1 Å². The summed E-state index contributed by atoms with van der Waals surface area (Å²) in [6.45, 7) is 1.93. The van der Waals surface area contributed by atoms with E-state index in [1.807, 2.05) is 19.1 Å². The number of hydrogen-bond donors (Lipinski definition) is 2. The lowest BCUT2D eigenvalue weighted by Crippen LogP contribution is -2.35. The Balaban J connectivity index is 2.61. The lowest BCUT2D eigenvalue weighted by molar-refractivity contribution is 0.317. The van der Waals surface area contributed by atoms with Gasteiger partial charge in [-0.25, -0.2) is 9.36 Å². The lowest BCUT2D eigenvalue weighted by Gasteiger charge is -2.07. The normalized spacial score (nSPS) is 11.6. The molecule has 1 aromatic heterocycles. The van der Waals surface area contributed by atoms with E-state index in [1.165, 1.54) is 6.20 Å². The van der Waals surface area contributed by atoms with Crippen LogP contribution in [0.2, 0.25) is 0 Å². The smallest absolute Gasteiger partial charge is 0.334 e. The van der Waals surface area contributed by atoms with Crippen LogP contribution in [0.4, 0.5) is 0 Å². The van der Waals surface area contributed by atoms with Crippen LogP contribution in [0, 0.1) is 10.5 Å². The zero-order chi connectivity index (χ0) is 14.0. The van der Waals surface area contributed by atoms with E-state index in [1.54, 1.807) is 34.7 Å². The molecule has 0 saturated carbocycles. The Labute approximate surface area is 121 Å². The van der Waals surface area contributed by atoms with Crippen molar-refractivity contribution in [3.63, 3.8) is 0 Å².